The summed E-state index contributed by atoms with van der Waals surface area (Å²) in [5, 5.41) is 0. The van der Waals surface area contributed by atoms with E-state index in [-0.39, 0.29) is 17.8 Å². The zero-order valence-electron chi connectivity index (χ0n) is 25.9. The molecule has 5 nitrogen and oxygen atoms in total. The second-order valence-corrected chi connectivity index (χ2v) is 10.9. The van der Waals surface area contributed by atoms with E-state index in [1.165, 1.54) is 17.2 Å². The summed E-state index contributed by atoms with van der Waals surface area (Å²) in [6, 6.07) is 12.2. The first-order chi connectivity index (χ1) is 20.1. The van der Waals surface area contributed by atoms with Crippen LogP contribution in [0, 0.1) is 13.8 Å². The molecule has 0 aromatic heterocycles. The SMILES string of the molecule is C=C(/C(C)=C/c1ccccc1C)N1CCOc2cc(C(=O)N3CCCC(N)C3)cc(C)c21.C=C(CC)/C(F)=C\C=C/C. The van der Waals surface area contributed by atoms with Crippen LogP contribution >= 0.6 is 0 Å². The molecule has 1 saturated heterocycles. The molecule has 42 heavy (non-hydrogen) atoms. The fraction of sp³-hybridized carbons (Fsp3) is 0.361. The first-order valence-electron chi connectivity index (χ1n) is 14.8. The monoisotopic (exact) mass is 571 g/mol. The Labute approximate surface area is 251 Å². The van der Waals surface area contributed by atoms with E-state index in [1.807, 2.05) is 37.8 Å². The topological polar surface area (TPSA) is 58.8 Å². The van der Waals surface area contributed by atoms with Gasteiger partial charge < -0.3 is 20.3 Å². The molecular formula is C36H46FN3O2. The second-order valence-electron chi connectivity index (χ2n) is 10.9. The second kappa shape index (κ2) is 15.4. The van der Waals surface area contributed by atoms with Gasteiger partial charge in [0, 0.05) is 30.4 Å². The van der Waals surface area contributed by atoms with Crippen LogP contribution in [0.5, 0.6) is 5.75 Å². The molecule has 2 heterocycles. The van der Waals surface area contributed by atoms with E-state index in [2.05, 4.69) is 62.2 Å². The van der Waals surface area contributed by atoms with Crippen molar-refractivity contribution in [3.63, 3.8) is 0 Å². The third kappa shape index (κ3) is 8.32. The number of aryl methyl sites for hydroxylation is 2. The van der Waals surface area contributed by atoms with Crippen molar-refractivity contribution in [1.82, 2.24) is 4.90 Å². The Morgan fingerprint density at radius 1 is 1.17 bits per heavy atom. The van der Waals surface area contributed by atoms with Crippen molar-refractivity contribution in [2.75, 3.05) is 31.1 Å². The van der Waals surface area contributed by atoms with Crippen molar-refractivity contribution < 1.29 is 13.9 Å². The van der Waals surface area contributed by atoms with Gasteiger partial charge in [0.25, 0.3) is 5.91 Å². The Hall–Kier alpha value is -3.90. The van der Waals surface area contributed by atoms with Gasteiger partial charge in [0.05, 0.1) is 12.2 Å². The first-order valence-corrected chi connectivity index (χ1v) is 14.8. The van der Waals surface area contributed by atoms with E-state index in [0.717, 1.165) is 54.2 Å². The molecule has 1 atom stereocenters. The van der Waals surface area contributed by atoms with E-state index in [1.54, 1.807) is 12.2 Å². The number of carbonyl (C=O) groups is 1. The molecule has 2 N–H and O–H groups in total. The minimum Gasteiger partial charge on any atom is -0.490 e. The molecule has 6 heteroatoms. The standard InChI is InChI=1S/C27H33N3O2.C9H13F/c1-18-8-5-6-9-22(18)14-19(2)21(4)30-12-13-32-25-16-23(15-20(3)26(25)30)27(31)29-11-7-10-24(28)17-29;1-4-6-7-9(10)8(3)5-2/h5-6,8-9,14-16,24H,4,7,10-13,17,28H2,1-3H3;4,6-7H,3,5H2,1-2H3/b19-14+;6-4-,9-7+. The van der Waals surface area contributed by atoms with Gasteiger partial charge >= 0.3 is 0 Å². The molecule has 1 unspecified atom stereocenters. The number of rotatable bonds is 7. The molecule has 0 saturated carbocycles. The average Bonchev–Trinajstić information content (AvgIpc) is 2.99. The third-order valence-electron chi connectivity index (χ3n) is 7.64. The summed E-state index contributed by atoms with van der Waals surface area (Å²) < 4.78 is 18.7. The van der Waals surface area contributed by atoms with Crippen molar-refractivity contribution in [3.05, 3.63) is 113 Å². The predicted molar refractivity (Wildman–Crippen MR) is 175 cm³/mol. The number of anilines is 1. The van der Waals surface area contributed by atoms with Gasteiger partial charge in [-0.3, -0.25) is 4.79 Å². The number of hydrogen-bond acceptors (Lipinski definition) is 4. The van der Waals surface area contributed by atoms with Gasteiger partial charge in [-0.05, 0) is 99.1 Å². The number of hydrogen-bond donors (Lipinski definition) is 1. The summed E-state index contributed by atoms with van der Waals surface area (Å²) in [7, 11) is 0. The summed E-state index contributed by atoms with van der Waals surface area (Å²) in [6.07, 6.45) is 9.64. The van der Waals surface area contributed by atoms with Crippen molar-refractivity contribution >= 4 is 17.7 Å². The molecule has 2 aromatic carbocycles. The van der Waals surface area contributed by atoms with Crippen LogP contribution in [0.25, 0.3) is 6.08 Å². The van der Waals surface area contributed by atoms with Crippen LogP contribution in [-0.2, 0) is 0 Å². The smallest absolute Gasteiger partial charge is 0.254 e. The maximum Gasteiger partial charge on any atom is 0.254 e. The number of halogens is 1. The predicted octanol–water partition coefficient (Wildman–Crippen LogP) is 8.06. The number of piperidine rings is 1. The van der Waals surface area contributed by atoms with Crippen LogP contribution in [0.15, 0.2) is 90.5 Å². The molecule has 0 bridgehead atoms. The fourth-order valence-corrected chi connectivity index (χ4v) is 5.08. The summed E-state index contributed by atoms with van der Waals surface area (Å²) in [5.74, 6) is 0.549. The lowest BCUT2D eigenvalue weighted by Crippen LogP contribution is -2.45. The average molecular weight is 572 g/mol. The van der Waals surface area contributed by atoms with Gasteiger partial charge in [0.2, 0.25) is 0 Å². The van der Waals surface area contributed by atoms with Crippen LogP contribution in [0.1, 0.15) is 67.1 Å². The number of nitrogens with two attached hydrogens (primary N) is 1. The van der Waals surface area contributed by atoms with Crippen molar-refractivity contribution in [2.24, 2.45) is 5.73 Å². The number of fused-ring (bicyclic) bond motifs is 1. The fourth-order valence-electron chi connectivity index (χ4n) is 5.08. The van der Waals surface area contributed by atoms with E-state index < -0.39 is 0 Å². The molecular weight excluding hydrogens is 525 g/mol. The van der Waals surface area contributed by atoms with E-state index in [0.29, 0.717) is 30.7 Å². The number of carbonyl (C=O) groups excluding carboxylic acids is 1. The van der Waals surface area contributed by atoms with Gasteiger partial charge in [-0.2, -0.15) is 0 Å². The maximum absolute atomic E-state index is 13.1. The Morgan fingerprint density at radius 3 is 2.57 bits per heavy atom. The number of likely N-dealkylation sites (tertiary alicyclic amines) is 1. The molecule has 0 spiro atoms. The van der Waals surface area contributed by atoms with E-state index >= 15 is 0 Å². The molecule has 4 rings (SSSR count). The highest BCUT2D eigenvalue weighted by Crippen LogP contribution is 2.39. The number of allylic oxidation sites excluding steroid dienone is 6. The lowest BCUT2D eigenvalue weighted by molar-refractivity contribution is 0.0708. The molecule has 1 amide bonds. The van der Waals surface area contributed by atoms with Gasteiger partial charge in [-0.1, -0.05) is 56.5 Å². The van der Waals surface area contributed by atoms with Gasteiger partial charge in [-0.15, -0.1) is 0 Å². The quantitative estimate of drug-likeness (QED) is 0.342. The third-order valence-corrected chi connectivity index (χ3v) is 7.64. The van der Waals surface area contributed by atoms with Crippen LogP contribution in [-0.4, -0.2) is 43.1 Å². The summed E-state index contributed by atoms with van der Waals surface area (Å²) >= 11 is 0. The van der Waals surface area contributed by atoms with Crippen molar-refractivity contribution in [1.29, 1.82) is 0 Å². The lowest BCUT2D eigenvalue weighted by Gasteiger charge is -2.35. The minimum absolute atomic E-state index is 0.0289. The van der Waals surface area contributed by atoms with E-state index in [9.17, 15) is 9.18 Å². The molecule has 0 radical (unpaired) electrons. The molecule has 2 aliphatic rings. The van der Waals surface area contributed by atoms with Gasteiger partial charge in [0.1, 0.15) is 18.2 Å². The zero-order chi connectivity index (χ0) is 30.8. The number of benzene rings is 2. The Kier molecular flexibility index (Phi) is 11.9. The molecule has 2 aromatic rings. The van der Waals surface area contributed by atoms with Gasteiger partial charge in [-0.25, -0.2) is 4.39 Å². The van der Waals surface area contributed by atoms with Crippen LogP contribution in [0.2, 0.25) is 0 Å². The molecule has 2 aliphatic heterocycles. The lowest BCUT2D eigenvalue weighted by atomic mass is 10.0. The first kappa shape index (κ1) is 32.6. The summed E-state index contributed by atoms with van der Waals surface area (Å²) in [6.45, 7) is 20.6. The number of ether oxygens (including phenoxy) is 1. The highest BCUT2D eigenvalue weighted by atomic mass is 19.1. The Morgan fingerprint density at radius 2 is 1.90 bits per heavy atom. The van der Waals surface area contributed by atoms with Gasteiger partial charge in [0.15, 0.2) is 0 Å². The highest BCUT2D eigenvalue weighted by Gasteiger charge is 2.27. The molecule has 0 aliphatic carbocycles. The van der Waals surface area contributed by atoms with E-state index in [4.69, 9.17) is 10.5 Å². The molecule has 1 fully saturated rings. The Balaban J connectivity index is 0.000000416. The summed E-state index contributed by atoms with van der Waals surface area (Å²) in [5.41, 5.74) is 13.8. The number of amides is 1. The van der Waals surface area contributed by atoms with Crippen LogP contribution in [0.3, 0.4) is 0 Å². The zero-order valence-corrected chi connectivity index (χ0v) is 25.9. The Bertz CT molecular complexity index is 1390. The van der Waals surface area contributed by atoms with Crippen molar-refractivity contribution in [3.8, 4) is 5.75 Å². The largest absolute Gasteiger partial charge is 0.490 e. The highest BCUT2D eigenvalue weighted by molar-refractivity contribution is 5.96. The van der Waals surface area contributed by atoms with Crippen molar-refractivity contribution in [2.45, 2.75) is 59.9 Å². The maximum atomic E-state index is 13.1. The normalized spacial score (nSPS) is 17.3. The number of nitrogens with zero attached hydrogens (tertiary/aromatic N) is 2. The summed E-state index contributed by atoms with van der Waals surface area (Å²) in [4.78, 5) is 17.2. The van der Waals surface area contributed by atoms with Crippen LogP contribution < -0.4 is 15.4 Å². The molecule has 224 valence electrons. The van der Waals surface area contributed by atoms with Crippen LogP contribution in [0.4, 0.5) is 10.1 Å². The minimum atomic E-state index is -0.222.